The summed E-state index contributed by atoms with van der Waals surface area (Å²) in [5.41, 5.74) is 0.725. The van der Waals surface area contributed by atoms with Crippen molar-refractivity contribution in [3.05, 3.63) is 35.2 Å². The van der Waals surface area contributed by atoms with E-state index in [1.165, 1.54) is 23.1 Å². The molecule has 2 heterocycles. The molecular weight excluding hydrogens is 370 g/mol. The Balaban J connectivity index is 1.57. The fourth-order valence-electron chi connectivity index (χ4n) is 1.78. The van der Waals surface area contributed by atoms with E-state index < -0.39 is 0 Å². The molecule has 0 spiro atoms. The summed E-state index contributed by atoms with van der Waals surface area (Å²) in [6.45, 7) is 1.31. The highest BCUT2D eigenvalue weighted by Crippen LogP contribution is 2.30. The maximum absolute atomic E-state index is 6.13. The van der Waals surface area contributed by atoms with Gasteiger partial charge >= 0.3 is 0 Å². The van der Waals surface area contributed by atoms with Gasteiger partial charge < -0.3 is 14.5 Å². The molecule has 3 rings (SSSR count). The zero-order chi connectivity index (χ0) is 16.8. The normalized spacial score (nSPS) is 10.9. The van der Waals surface area contributed by atoms with Crippen LogP contribution in [0.1, 0.15) is 5.89 Å². The molecule has 0 aliphatic carbocycles. The van der Waals surface area contributed by atoms with Crippen molar-refractivity contribution in [2.24, 2.45) is 0 Å². The molecule has 0 fully saturated rings. The van der Waals surface area contributed by atoms with Crippen LogP contribution in [0, 0.1) is 0 Å². The molecule has 126 valence electrons. The molecule has 0 saturated heterocycles. The van der Waals surface area contributed by atoms with Crippen LogP contribution in [0.4, 0.5) is 5.13 Å². The number of aromatic nitrogens is 4. The minimum Gasteiger partial charge on any atom is -0.420 e. The highest BCUT2D eigenvalue weighted by Gasteiger charge is 2.13. The minimum atomic E-state index is 0.412. The van der Waals surface area contributed by atoms with Gasteiger partial charge in [-0.25, -0.2) is 0 Å². The first-order valence-electron chi connectivity index (χ1n) is 7.02. The maximum Gasteiger partial charge on any atom is 0.249 e. The van der Waals surface area contributed by atoms with E-state index in [2.05, 4.69) is 25.7 Å². The average Bonchev–Trinajstić information content (AvgIpc) is 3.23. The molecule has 0 amide bonds. The Morgan fingerprint density at radius 2 is 2.12 bits per heavy atom. The number of methoxy groups -OCH3 is 1. The average molecular weight is 384 g/mol. The van der Waals surface area contributed by atoms with Gasteiger partial charge in [-0.15, -0.1) is 20.4 Å². The van der Waals surface area contributed by atoms with Crippen LogP contribution < -0.4 is 5.32 Å². The van der Waals surface area contributed by atoms with Crippen molar-refractivity contribution in [3.8, 4) is 11.5 Å². The molecule has 0 unspecified atom stereocenters. The van der Waals surface area contributed by atoms with Gasteiger partial charge in [0.1, 0.15) is 0 Å². The van der Waals surface area contributed by atoms with Crippen LogP contribution in [0.3, 0.4) is 0 Å². The Labute approximate surface area is 151 Å². The van der Waals surface area contributed by atoms with E-state index in [0.717, 1.165) is 15.0 Å². The molecular formula is C14H14ClN5O2S2. The summed E-state index contributed by atoms with van der Waals surface area (Å²) in [7, 11) is 1.66. The molecule has 0 aliphatic rings. The molecule has 10 heteroatoms. The summed E-state index contributed by atoms with van der Waals surface area (Å²) in [4.78, 5) is 0. The minimum absolute atomic E-state index is 0.412. The smallest absolute Gasteiger partial charge is 0.249 e. The second kappa shape index (κ2) is 8.43. The number of hydrogen-bond acceptors (Lipinski definition) is 9. The number of halogens is 1. The van der Waals surface area contributed by atoms with E-state index in [0.29, 0.717) is 35.7 Å². The van der Waals surface area contributed by atoms with Crippen molar-refractivity contribution in [2.45, 2.75) is 10.1 Å². The second-order valence-corrected chi connectivity index (χ2v) is 7.17. The van der Waals surface area contributed by atoms with Crippen molar-refractivity contribution in [2.75, 3.05) is 25.6 Å². The summed E-state index contributed by atoms with van der Waals surface area (Å²) in [6, 6.07) is 7.36. The maximum atomic E-state index is 6.13. The number of rotatable bonds is 8. The first-order chi connectivity index (χ1) is 11.8. The third kappa shape index (κ3) is 4.44. The predicted molar refractivity (Wildman–Crippen MR) is 94.6 cm³/mol. The van der Waals surface area contributed by atoms with Crippen LogP contribution in [0.5, 0.6) is 0 Å². The molecule has 24 heavy (non-hydrogen) atoms. The van der Waals surface area contributed by atoms with Crippen LogP contribution in [-0.4, -0.2) is 40.7 Å². The Kier molecular flexibility index (Phi) is 6.02. The predicted octanol–water partition coefficient (Wildman–Crippen LogP) is 3.59. The zero-order valence-corrected chi connectivity index (χ0v) is 15.1. The molecule has 2 aromatic heterocycles. The van der Waals surface area contributed by atoms with Crippen molar-refractivity contribution in [3.63, 3.8) is 0 Å². The van der Waals surface area contributed by atoms with Gasteiger partial charge in [0, 0.05) is 13.7 Å². The zero-order valence-electron chi connectivity index (χ0n) is 12.7. The summed E-state index contributed by atoms with van der Waals surface area (Å²) < 4.78 is 11.5. The molecule has 0 atom stereocenters. The van der Waals surface area contributed by atoms with Gasteiger partial charge in [-0.3, -0.25) is 0 Å². The Bertz CT molecular complexity index is 795. The standard InChI is InChI=1S/C14H14ClN5O2S2/c1-21-7-6-16-13-19-20-14(24-13)23-8-11-17-18-12(22-11)9-4-2-3-5-10(9)15/h2-5H,6-8H2,1H3,(H,16,19). The van der Waals surface area contributed by atoms with Crippen LogP contribution >= 0.6 is 34.7 Å². The lowest BCUT2D eigenvalue weighted by molar-refractivity contribution is 0.211. The van der Waals surface area contributed by atoms with Gasteiger partial charge in [0.05, 0.1) is 22.9 Å². The highest BCUT2D eigenvalue weighted by molar-refractivity contribution is 8.00. The van der Waals surface area contributed by atoms with Gasteiger partial charge in [0.15, 0.2) is 4.34 Å². The number of hydrogen-bond donors (Lipinski definition) is 1. The van der Waals surface area contributed by atoms with E-state index in [1.54, 1.807) is 13.2 Å². The van der Waals surface area contributed by atoms with Crippen molar-refractivity contribution in [1.29, 1.82) is 0 Å². The molecule has 7 nitrogen and oxygen atoms in total. The monoisotopic (exact) mass is 383 g/mol. The highest BCUT2D eigenvalue weighted by atomic mass is 35.5. The van der Waals surface area contributed by atoms with Crippen LogP contribution in [-0.2, 0) is 10.5 Å². The number of nitrogens with one attached hydrogen (secondary N) is 1. The molecule has 1 aromatic carbocycles. The number of nitrogens with zero attached hydrogens (tertiary/aromatic N) is 4. The fraction of sp³-hybridized carbons (Fsp3) is 0.286. The molecule has 0 bridgehead atoms. The number of benzene rings is 1. The van der Waals surface area contributed by atoms with E-state index in [-0.39, 0.29) is 0 Å². The summed E-state index contributed by atoms with van der Waals surface area (Å²) >= 11 is 9.09. The molecule has 0 saturated carbocycles. The third-order valence-corrected chi connectivity index (χ3v) is 5.21. The van der Waals surface area contributed by atoms with Gasteiger partial charge in [0.2, 0.25) is 16.9 Å². The Morgan fingerprint density at radius 1 is 1.25 bits per heavy atom. The van der Waals surface area contributed by atoms with Crippen molar-refractivity contribution < 1.29 is 9.15 Å². The number of thioether (sulfide) groups is 1. The molecule has 1 N–H and O–H groups in total. The molecule has 0 aliphatic heterocycles. The first-order valence-corrected chi connectivity index (χ1v) is 9.20. The Hall–Kier alpha value is -1.68. The summed E-state index contributed by atoms with van der Waals surface area (Å²) in [5, 5.41) is 20.7. The lowest BCUT2D eigenvalue weighted by atomic mass is 10.2. The lowest BCUT2D eigenvalue weighted by Crippen LogP contribution is -2.06. The van der Waals surface area contributed by atoms with Gasteiger partial charge in [-0.2, -0.15) is 0 Å². The van der Waals surface area contributed by atoms with E-state index in [9.17, 15) is 0 Å². The fourth-order valence-corrected chi connectivity index (χ4v) is 3.61. The van der Waals surface area contributed by atoms with Gasteiger partial charge in [-0.1, -0.05) is 46.8 Å². The number of ether oxygens (including phenoxy) is 1. The first kappa shape index (κ1) is 17.2. The van der Waals surface area contributed by atoms with Crippen molar-refractivity contribution in [1.82, 2.24) is 20.4 Å². The largest absolute Gasteiger partial charge is 0.420 e. The van der Waals surface area contributed by atoms with E-state index >= 15 is 0 Å². The quantitative estimate of drug-likeness (QED) is 0.466. The van der Waals surface area contributed by atoms with Crippen molar-refractivity contribution >= 4 is 39.8 Å². The Morgan fingerprint density at radius 3 is 2.96 bits per heavy atom. The summed E-state index contributed by atoms with van der Waals surface area (Å²) in [6.07, 6.45) is 0. The summed E-state index contributed by atoms with van der Waals surface area (Å²) in [5.74, 6) is 1.44. The van der Waals surface area contributed by atoms with Crippen LogP contribution in [0.2, 0.25) is 5.02 Å². The lowest BCUT2D eigenvalue weighted by Gasteiger charge is -1.98. The van der Waals surface area contributed by atoms with E-state index in [4.69, 9.17) is 20.8 Å². The SMILES string of the molecule is COCCNc1nnc(SCc2nnc(-c3ccccc3Cl)o2)s1. The van der Waals surface area contributed by atoms with Crippen LogP contribution in [0.25, 0.3) is 11.5 Å². The van der Waals surface area contributed by atoms with Crippen LogP contribution in [0.15, 0.2) is 33.0 Å². The van der Waals surface area contributed by atoms with Gasteiger partial charge in [0.25, 0.3) is 0 Å². The number of anilines is 1. The van der Waals surface area contributed by atoms with Gasteiger partial charge in [-0.05, 0) is 12.1 Å². The third-order valence-electron chi connectivity index (χ3n) is 2.88. The van der Waals surface area contributed by atoms with E-state index in [1.807, 2.05) is 18.2 Å². The topological polar surface area (TPSA) is 86.0 Å². The molecule has 3 aromatic rings. The molecule has 0 radical (unpaired) electrons. The second-order valence-electron chi connectivity index (χ2n) is 4.56.